The topological polar surface area (TPSA) is 26.3 Å². The van der Waals surface area contributed by atoms with Gasteiger partial charge in [-0.3, -0.25) is 4.79 Å². The first-order valence-corrected chi connectivity index (χ1v) is 11.1. The monoisotopic (exact) mass is 400 g/mol. The predicted molar refractivity (Wildman–Crippen MR) is 128 cm³/mol. The standard InChI is InChI=1S/C27H44O2/c1-22(2)12-8-14-24(5)16-10-17-25(6)18-11-19-27(28)29-21-20-26(7)15-9-13-23(3)4/h12-13,16,18,20H,8-11,14-15,17,19,21H2,1-7H3/b24-16-,25-18-,26-20+. The van der Waals surface area contributed by atoms with Gasteiger partial charge in [0.2, 0.25) is 0 Å². The highest BCUT2D eigenvalue weighted by molar-refractivity contribution is 5.69. The van der Waals surface area contributed by atoms with Crippen LogP contribution in [0.4, 0.5) is 0 Å². The maximum atomic E-state index is 11.9. The molecule has 2 heteroatoms. The van der Waals surface area contributed by atoms with Crippen molar-refractivity contribution in [1.29, 1.82) is 0 Å². The van der Waals surface area contributed by atoms with Crippen molar-refractivity contribution in [3.8, 4) is 0 Å². The lowest BCUT2D eigenvalue weighted by molar-refractivity contribution is -0.142. The Morgan fingerprint density at radius 2 is 0.931 bits per heavy atom. The molecule has 164 valence electrons. The Morgan fingerprint density at radius 3 is 1.38 bits per heavy atom. The summed E-state index contributed by atoms with van der Waals surface area (Å²) in [5.41, 5.74) is 6.82. The van der Waals surface area contributed by atoms with Crippen LogP contribution < -0.4 is 0 Å². The Labute approximate surface area is 180 Å². The molecular formula is C27H44O2. The average molecular weight is 401 g/mol. The number of esters is 1. The second kappa shape index (κ2) is 17.1. The summed E-state index contributed by atoms with van der Waals surface area (Å²) >= 11 is 0. The van der Waals surface area contributed by atoms with Crippen LogP contribution in [-0.4, -0.2) is 12.6 Å². The molecule has 0 saturated carbocycles. The number of ether oxygens (including phenoxy) is 1. The van der Waals surface area contributed by atoms with E-state index < -0.39 is 0 Å². The Bertz CT molecular complexity index is 619. The average Bonchev–Trinajstić information content (AvgIpc) is 2.61. The SMILES string of the molecule is CC(C)=CCC/C(C)=C\CC/C(C)=C\CCC(=O)OC/C=C(\C)CCC=C(C)C. The van der Waals surface area contributed by atoms with Gasteiger partial charge in [-0.1, -0.05) is 52.2 Å². The van der Waals surface area contributed by atoms with Crippen LogP contribution in [0.2, 0.25) is 0 Å². The zero-order valence-electron chi connectivity index (χ0n) is 20.1. The molecule has 0 N–H and O–H groups in total. The molecule has 0 fully saturated rings. The molecule has 0 amide bonds. The summed E-state index contributed by atoms with van der Waals surface area (Å²) in [6.07, 6.45) is 18.8. The lowest BCUT2D eigenvalue weighted by Crippen LogP contribution is -2.04. The molecule has 0 aromatic carbocycles. The van der Waals surface area contributed by atoms with E-state index in [0.717, 1.165) is 44.9 Å². The predicted octanol–water partition coefficient (Wildman–Crippen LogP) is 8.42. The van der Waals surface area contributed by atoms with Crippen LogP contribution >= 0.6 is 0 Å². The van der Waals surface area contributed by atoms with Crippen LogP contribution in [0.5, 0.6) is 0 Å². The molecule has 0 radical (unpaired) electrons. The highest BCUT2D eigenvalue weighted by atomic mass is 16.5. The second-order valence-corrected chi connectivity index (χ2v) is 8.55. The molecule has 0 rings (SSSR count). The fraction of sp³-hybridized carbons (Fsp3) is 0.593. The van der Waals surface area contributed by atoms with Crippen molar-refractivity contribution < 1.29 is 9.53 Å². The minimum absolute atomic E-state index is 0.114. The smallest absolute Gasteiger partial charge is 0.306 e. The first kappa shape index (κ1) is 27.2. The van der Waals surface area contributed by atoms with Crippen molar-refractivity contribution in [3.63, 3.8) is 0 Å². The van der Waals surface area contributed by atoms with Crippen molar-refractivity contribution in [2.45, 2.75) is 99.8 Å². The van der Waals surface area contributed by atoms with E-state index in [1.807, 2.05) is 6.08 Å². The molecule has 0 aliphatic heterocycles. The van der Waals surface area contributed by atoms with Crippen LogP contribution in [0.1, 0.15) is 99.8 Å². The molecule has 0 unspecified atom stereocenters. The van der Waals surface area contributed by atoms with Gasteiger partial charge in [0.05, 0.1) is 0 Å². The summed E-state index contributed by atoms with van der Waals surface area (Å²) in [5, 5.41) is 0. The maximum Gasteiger partial charge on any atom is 0.306 e. The number of hydrogen-bond acceptors (Lipinski definition) is 2. The minimum Gasteiger partial charge on any atom is -0.461 e. The highest BCUT2D eigenvalue weighted by Crippen LogP contribution is 2.12. The minimum atomic E-state index is -0.114. The molecule has 29 heavy (non-hydrogen) atoms. The molecule has 2 nitrogen and oxygen atoms in total. The number of allylic oxidation sites excluding steroid dienone is 9. The van der Waals surface area contributed by atoms with E-state index in [2.05, 4.69) is 72.8 Å². The van der Waals surface area contributed by atoms with Crippen molar-refractivity contribution in [2.75, 3.05) is 6.61 Å². The lowest BCUT2D eigenvalue weighted by Gasteiger charge is -2.04. The Morgan fingerprint density at radius 1 is 0.552 bits per heavy atom. The summed E-state index contributed by atoms with van der Waals surface area (Å²) in [6.45, 7) is 15.4. The van der Waals surface area contributed by atoms with Crippen molar-refractivity contribution in [3.05, 3.63) is 58.2 Å². The summed E-state index contributed by atoms with van der Waals surface area (Å²) < 4.78 is 5.31. The van der Waals surface area contributed by atoms with E-state index in [4.69, 9.17) is 4.74 Å². The van der Waals surface area contributed by atoms with E-state index in [1.54, 1.807) is 0 Å². The van der Waals surface area contributed by atoms with Gasteiger partial charge in [-0.2, -0.15) is 0 Å². The van der Waals surface area contributed by atoms with Gasteiger partial charge in [0.25, 0.3) is 0 Å². The first-order valence-electron chi connectivity index (χ1n) is 11.1. The van der Waals surface area contributed by atoms with Gasteiger partial charge < -0.3 is 4.74 Å². The van der Waals surface area contributed by atoms with Crippen LogP contribution in [0.3, 0.4) is 0 Å². The molecule has 0 bridgehead atoms. The van der Waals surface area contributed by atoms with E-state index >= 15 is 0 Å². The zero-order chi connectivity index (χ0) is 22.1. The molecule has 0 aliphatic carbocycles. The van der Waals surface area contributed by atoms with E-state index in [0.29, 0.717) is 13.0 Å². The normalized spacial score (nSPS) is 12.6. The fourth-order valence-corrected chi connectivity index (χ4v) is 2.81. The largest absolute Gasteiger partial charge is 0.461 e. The molecule has 0 saturated heterocycles. The summed E-state index contributed by atoms with van der Waals surface area (Å²) in [4.78, 5) is 11.9. The van der Waals surface area contributed by atoms with Crippen molar-refractivity contribution in [2.24, 2.45) is 0 Å². The zero-order valence-corrected chi connectivity index (χ0v) is 20.1. The highest BCUT2D eigenvalue weighted by Gasteiger charge is 2.01. The molecular weight excluding hydrogens is 356 g/mol. The molecule has 0 aliphatic rings. The Balaban J connectivity index is 3.99. The number of hydrogen-bond donors (Lipinski definition) is 0. The summed E-state index contributed by atoms with van der Waals surface area (Å²) in [6, 6.07) is 0. The van der Waals surface area contributed by atoms with E-state index in [9.17, 15) is 4.79 Å². The van der Waals surface area contributed by atoms with Gasteiger partial charge in [0, 0.05) is 6.42 Å². The molecule has 0 heterocycles. The van der Waals surface area contributed by atoms with Crippen LogP contribution in [0.15, 0.2) is 58.2 Å². The third-order valence-electron chi connectivity index (χ3n) is 4.73. The van der Waals surface area contributed by atoms with Crippen molar-refractivity contribution >= 4 is 5.97 Å². The Hall–Kier alpha value is -1.83. The lowest BCUT2D eigenvalue weighted by atomic mass is 10.1. The summed E-state index contributed by atoms with van der Waals surface area (Å²) in [7, 11) is 0. The van der Waals surface area contributed by atoms with Crippen molar-refractivity contribution in [1.82, 2.24) is 0 Å². The molecule has 0 atom stereocenters. The van der Waals surface area contributed by atoms with Gasteiger partial charge in [-0.05, 0) is 99.5 Å². The van der Waals surface area contributed by atoms with Gasteiger partial charge in [0.15, 0.2) is 0 Å². The molecule has 0 spiro atoms. The Kier molecular flexibility index (Phi) is 16.0. The summed E-state index contributed by atoms with van der Waals surface area (Å²) in [5.74, 6) is -0.114. The van der Waals surface area contributed by atoms with Crippen LogP contribution in [-0.2, 0) is 9.53 Å². The molecule has 0 aromatic heterocycles. The number of carbonyl (C=O) groups is 1. The van der Waals surface area contributed by atoms with E-state index in [-0.39, 0.29) is 5.97 Å². The van der Waals surface area contributed by atoms with Gasteiger partial charge >= 0.3 is 5.97 Å². The number of rotatable bonds is 14. The fourth-order valence-electron chi connectivity index (χ4n) is 2.81. The second-order valence-electron chi connectivity index (χ2n) is 8.55. The van der Waals surface area contributed by atoms with Crippen LogP contribution in [0, 0.1) is 0 Å². The molecule has 0 aromatic rings. The third-order valence-corrected chi connectivity index (χ3v) is 4.73. The number of carbonyl (C=O) groups excluding carboxylic acids is 1. The third kappa shape index (κ3) is 19.3. The van der Waals surface area contributed by atoms with Gasteiger partial charge in [0.1, 0.15) is 6.61 Å². The first-order chi connectivity index (χ1) is 13.7. The van der Waals surface area contributed by atoms with Gasteiger partial charge in [-0.15, -0.1) is 0 Å². The van der Waals surface area contributed by atoms with E-state index in [1.165, 1.54) is 27.9 Å². The maximum absolute atomic E-state index is 11.9. The quantitative estimate of drug-likeness (QED) is 0.216. The van der Waals surface area contributed by atoms with Gasteiger partial charge in [-0.25, -0.2) is 0 Å². The van der Waals surface area contributed by atoms with Crippen LogP contribution in [0.25, 0.3) is 0 Å².